The third kappa shape index (κ3) is 5.03. The summed E-state index contributed by atoms with van der Waals surface area (Å²) in [6.07, 6.45) is -4.75. The molecule has 0 radical (unpaired) electrons. The maximum Gasteiger partial charge on any atom is 0.416 e. The van der Waals surface area contributed by atoms with Crippen LogP contribution in [0, 0.1) is 5.82 Å². The Hall–Kier alpha value is -2.90. The Balaban J connectivity index is 2.17. The number of carbonyl (C=O) groups excluding carboxylic acids is 2. The third-order valence-corrected chi connectivity index (χ3v) is 3.43. The highest BCUT2D eigenvalue weighted by molar-refractivity contribution is 5.97. The number of carbonyl (C=O) groups is 2. The second-order valence-corrected chi connectivity index (χ2v) is 5.34. The highest BCUT2D eigenvalue weighted by atomic mass is 19.4. The average molecular weight is 354 g/mol. The Morgan fingerprint density at radius 3 is 2.36 bits per heavy atom. The van der Waals surface area contributed by atoms with Crippen LogP contribution in [0.15, 0.2) is 48.5 Å². The number of alkyl halides is 3. The molecule has 2 amide bonds. The van der Waals surface area contributed by atoms with Crippen LogP contribution in [-0.4, -0.2) is 17.9 Å². The number of hydrogen-bond donors (Lipinski definition) is 2. The lowest BCUT2D eigenvalue weighted by molar-refractivity contribution is -0.137. The molecule has 25 heavy (non-hydrogen) atoms. The van der Waals surface area contributed by atoms with Crippen molar-refractivity contribution in [1.29, 1.82) is 0 Å². The minimum Gasteiger partial charge on any atom is -0.368 e. The van der Waals surface area contributed by atoms with Crippen molar-refractivity contribution in [2.45, 2.75) is 18.6 Å². The van der Waals surface area contributed by atoms with Gasteiger partial charge in [-0.05, 0) is 29.8 Å². The van der Waals surface area contributed by atoms with Gasteiger partial charge in [0.2, 0.25) is 5.91 Å². The van der Waals surface area contributed by atoms with Gasteiger partial charge in [0, 0.05) is 12.0 Å². The van der Waals surface area contributed by atoms with Crippen LogP contribution in [0.25, 0.3) is 0 Å². The van der Waals surface area contributed by atoms with Gasteiger partial charge < -0.3 is 11.1 Å². The van der Waals surface area contributed by atoms with Gasteiger partial charge in [0.1, 0.15) is 11.9 Å². The summed E-state index contributed by atoms with van der Waals surface area (Å²) in [5, 5.41) is 2.31. The van der Waals surface area contributed by atoms with Gasteiger partial charge in [-0.3, -0.25) is 9.59 Å². The summed E-state index contributed by atoms with van der Waals surface area (Å²) in [5.41, 5.74) is 4.49. The van der Waals surface area contributed by atoms with E-state index < -0.39 is 35.4 Å². The van der Waals surface area contributed by atoms with Crippen molar-refractivity contribution in [3.8, 4) is 0 Å². The summed E-state index contributed by atoms with van der Waals surface area (Å²) >= 11 is 0. The molecular weight excluding hydrogens is 340 g/mol. The first kappa shape index (κ1) is 18.4. The van der Waals surface area contributed by atoms with Crippen molar-refractivity contribution in [2.75, 3.05) is 0 Å². The maximum atomic E-state index is 13.1. The molecule has 0 heterocycles. The molecule has 2 aromatic carbocycles. The van der Waals surface area contributed by atoms with Gasteiger partial charge in [-0.2, -0.15) is 13.2 Å². The Morgan fingerprint density at radius 1 is 1.08 bits per heavy atom. The van der Waals surface area contributed by atoms with E-state index in [0.29, 0.717) is 0 Å². The number of nitrogens with one attached hydrogen (secondary N) is 1. The summed E-state index contributed by atoms with van der Waals surface area (Å²) in [7, 11) is 0. The van der Waals surface area contributed by atoms with Crippen LogP contribution in [0.2, 0.25) is 0 Å². The average Bonchev–Trinajstić information content (AvgIpc) is 2.53. The normalized spacial score (nSPS) is 12.5. The second-order valence-electron chi connectivity index (χ2n) is 5.34. The van der Waals surface area contributed by atoms with Crippen LogP contribution in [-0.2, 0) is 17.4 Å². The smallest absolute Gasteiger partial charge is 0.368 e. The molecule has 8 heteroatoms. The van der Waals surface area contributed by atoms with Crippen LogP contribution in [0.3, 0.4) is 0 Å². The molecule has 0 aliphatic carbocycles. The van der Waals surface area contributed by atoms with Gasteiger partial charge in [0.05, 0.1) is 5.56 Å². The van der Waals surface area contributed by atoms with E-state index in [2.05, 4.69) is 5.32 Å². The van der Waals surface area contributed by atoms with Gasteiger partial charge in [-0.25, -0.2) is 4.39 Å². The number of benzene rings is 2. The number of halogens is 4. The van der Waals surface area contributed by atoms with Crippen molar-refractivity contribution in [3.63, 3.8) is 0 Å². The molecule has 0 unspecified atom stereocenters. The highest BCUT2D eigenvalue weighted by Crippen LogP contribution is 2.29. The van der Waals surface area contributed by atoms with Gasteiger partial charge in [-0.15, -0.1) is 0 Å². The van der Waals surface area contributed by atoms with Crippen molar-refractivity contribution in [1.82, 2.24) is 5.32 Å². The zero-order chi connectivity index (χ0) is 18.6. The molecule has 3 N–H and O–H groups in total. The molecule has 0 aromatic heterocycles. The Morgan fingerprint density at radius 2 is 1.76 bits per heavy atom. The Bertz CT molecular complexity index is 790. The van der Waals surface area contributed by atoms with E-state index in [4.69, 9.17) is 5.73 Å². The molecular formula is C17H14F4N2O2. The molecule has 132 valence electrons. The van der Waals surface area contributed by atoms with Crippen molar-refractivity contribution < 1.29 is 27.2 Å². The summed E-state index contributed by atoms with van der Waals surface area (Å²) in [6, 6.07) is 7.89. The lowest BCUT2D eigenvalue weighted by atomic mass is 10.0. The van der Waals surface area contributed by atoms with Crippen LogP contribution >= 0.6 is 0 Å². The quantitative estimate of drug-likeness (QED) is 0.811. The van der Waals surface area contributed by atoms with E-state index in [1.54, 1.807) is 0 Å². The third-order valence-electron chi connectivity index (χ3n) is 3.43. The zero-order valence-electron chi connectivity index (χ0n) is 12.8. The molecule has 0 saturated carbocycles. The SMILES string of the molecule is NC(=O)[C@H](Cc1cccc(C(F)(F)F)c1)NC(=O)c1cccc(F)c1. The van der Waals surface area contributed by atoms with Crippen LogP contribution in [0.5, 0.6) is 0 Å². The molecule has 0 saturated heterocycles. The minimum absolute atomic E-state index is 0.0321. The Labute approximate surface area is 140 Å². The standard InChI is InChI=1S/C17H14F4N2O2/c18-13-6-2-4-11(9-13)16(25)23-14(15(22)24)8-10-3-1-5-12(7-10)17(19,20)21/h1-7,9,14H,8H2,(H2,22,24)(H,23,25)/t14-/m0/s1. The van der Waals surface area contributed by atoms with Crippen molar-refractivity contribution in [3.05, 3.63) is 71.0 Å². The number of hydrogen-bond acceptors (Lipinski definition) is 2. The van der Waals surface area contributed by atoms with Crippen LogP contribution < -0.4 is 11.1 Å². The highest BCUT2D eigenvalue weighted by Gasteiger charge is 2.30. The van der Waals surface area contributed by atoms with Crippen molar-refractivity contribution in [2.24, 2.45) is 5.73 Å². The van der Waals surface area contributed by atoms with E-state index in [-0.39, 0.29) is 17.5 Å². The number of primary amides is 1. The van der Waals surface area contributed by atoms with E-state index in [9.17, 15) is 27.2 Å². The van der Waals surface area contributed by atoms with Gasteiger partial charge in [-0.1, -0.05) is 24.3 Å². The predicted octanol–water partition coefficient (Wildman–Crippen LogP) is 2.67. The summed E-state index contributed by atoms with van der Waals surface area (Å²) < 4.78 is 51.4. The topological polar surface area (TPSA) is 72.2 Å². The van der Waals surface area contributed by atoms with E-state index in [1.807, 2.05) is 0 Å². The van der Waals surface area contributed by atoms with Gasteiger partial charge in [0.15, 0.2) is 0 Å². The molecule has 2 aromatic rings. The summed E-state index contributed by atoms with van der Waals surface area (Å²) in [4.78, 5) is 23.6. The monoisotopic (exact) mass is 354 g/mol. The van der Waals surface area contributed by atoms with E-state index >= 15 is 0 Å². The first-order chi connectivity index (χ1) is 11.7. The van der Waals surface area contributed by atoms with E-state index in [1.165, 1.54) is 24.3 Å². The number of rotatable bonds is 5. The minimum atomic E-state index is -4.52. The number of nitrogens with two attached hydrogens (primary N) is 1. The zero-order valence-corrected chi connectivity index (χ0v) is 12.8. The summed E-state index contributed by atoms with van der Waals surface area (Å²) in [5.74, 6) is -2.31. The summed E-state index contributed by atoms with van der Waals surface area (Å²) in [6.45, 7) is 0. The fraction of sp³-hybridized carbons (Fsp3) is 0.176. The largest absolute Gasteiger partial charge is 0.416 e. The Kier molecular flexibility index (Phi) is 5.41. The van der Waals surface area contributed by atoms with Gasteiger partial charge in [0.25, 0.3) is 5.91 Å². The fourth-order valence-corrected chi connectivity index (χ4v) is 2.20. The number of amides is 2. The molecule has 0 bridgehead atoms. The first-order valence-electron chi connectivity index (χ1n) is 7.18. The van der Waals surface area contributed by atoms with E-state index in [0.717, 1.165) is 24.3 Å². The van der Waals surface area contributed by atoms with Crippen LogP contribution in [0.4, 0.5) is 17.6 Å². The predicted molar refractivity (Wildman–Crippen MR) is 82.0 cm³/mol. The fourth-order valence-electron chi connectivity index (χ4n) is 2.20. The van der Waals surface area contributed by atoms with Gasteiger partial charge >= 0.3 is 6.18 Å². The molecule has 2 rings (SSSR count). The van der Waals surface area contributed by atoms with Crippen LogP contribution in [0.1, 0.15) is 21.5 Å². The first-order valence-corrected chi connectivity index (χ1v) is 7.18. The lowest BCUT2D eigenvalue weighted by Crippen LogP contribution is -2.45. The molecule has 1 atom stereocenters. The molecule has 0 aliphatic rings. The molecule has 4 nitrogen and oxygen atoms in total. The second kappa shape index (κ2) is 7.33. The maximum absolute atomic E-state index is 13.1. The lowest BCUT2D eigenvalue weighted by Gasteiger charge is -2.16. The van der Waals surface area contributed by atoms with Crippen molar-refractivity contribution >= 4 is 11.8 Å². The molecule has 0 fully saturated rings. The molecule has 0 aliphatic heterocycles. The molecule has 0 spiro atoms.